The van der Waals surface area contributed by atoms with Crippen LogP contribution in [0.15, 0.2) is 0 Å². The first kappa shape index (κ1) is 11.3. The van der Waals surface area contributed by atoms with E-state index in [2.05, 4.69) is 11.8 Å². The average molecular weight is 308 g/mol. The quantitative estimate of drug-likeness (QED) is 0.665. The monoisotopic (exact) mass is 308 g/mol. The van der Waals surface area contributed by atoms with Gasteiger partial charge in [0.1, 0.15) is 6.61 Å². The van der Waals surface area contributed by atoms with Gasteiger partial charge < -0.3 is 4.74 Å². The van der Waals surface area contributed by atoms with E-state index in [4.69, 9.17) is 0 Å². The summed E-state index contributed by atoms with van der Waals surface area (Å²) in [5, 5.41) is 0. The van der Waals surface area contributed by atoms with Crippen LogP contribution in [-0.4, -0.2) is 12.8 Å². The maximum absolute atomic E-state index is 10.9. The fraction of sp³-hybridized carbons (Fsp3) is 0.667. The third kappa shape index (κ3) is 9.67. The summed E-state index contributed by atoms with van der Waals surface area (Å²) < 4.78 is 36.2. The third-order valence-corrected chi connectivity index (χ3v) is 0.266. The van der Waals surface area contributed by atoms with E-state index in [9.17, 15) is 13.2 Å². The molecule has 0 aliphatic heterocycles. The van der Waals surface area contributed by atoms with Crippen molar-refractivity contribution in [1.29, 1.82) is 0 Å². The standard InChI is InChI=1S/C3H4F3O.Pt/c1-7-2-3(4,5)6;/h1-2H2;/q-1;. The molecule has 1 nitrogen and oxygen atoms in total. The zero-order valence-corrected chi connectivity index (χ0v) is 6.04. The minimum Gasteiger partial charge on any atom is -0.549 e. The molecule has 0 spiro atoms. The first-order chi connectivity index (χ1) is 3.06. The maximum atomic E-state index is 10.9. The van der Waals surface area contributed by atoms with Crippen molar-refractivity contribution in [3.05, 3.63) is 7.11 Å². The summed E-state index contributed by atoms with van der Waals surface area (Å²) in [4.78, 5) is 0. The molecule has 0 amide bonds. The van der Waals surface area contributed by atoms with Crippen molar-refractivity contribution in [2.45, 2.75) is 6.18 Å². The summed E-state index contributed by atoms with van der Waals surface area (Å²) in [6.07, 6.45) is -4.23. The van der Waals surface area contributed by atoms with Gasteiger partial charge in [-0.2, -0.15) is 13.2 Å². The summed E-state index contributed by atoms with van der Waals surface area (Å²) in [7, 11) is 2.55. The van der Waals surface area contributed by atoms with Crippen LogP contribution in [0.4, 0.5) is 13.2 Å². The second-order valence-corrected chi connectivity index (χ2v) is 0.964. The molecule has 0 unspecified atom stereocenters. The summed E-state index contributed by atoms with van der Waals surface area (Å²) >= 11 is 0. The van der Waals surface area contributed by atoms with Crippen molar-refractivity contribution in [3.8, 4) is 0 Å². The molecule has 0 saturated carbocycles. The fourth-order valence-corrected chi connectivity index (χ4v) is 0.116. The van der Waals surface area contributed by atoms with Gasteiger partial charge >= 0.3 is 6.18 Å². The van der Waals surface area contributed by atoms with Gasteiger partial charge in [0.25, 0.3) is 0 Å². The van der Waals surface area contributed by atoms with E-state index in [0.29, 0.717) is 0 Å². The summed E-state index contributed by atoms with van der Waals surface area (Å²) in [5.74, 6) is 0. The van der Waals surface area contributed by atoms with Gasteiger partial charge in [-0.25, -0.2) is 7.11 Å². The Morgan fingerprint density at radius 1 is 1.38 bits per heavy atom. The maximum Gasteiger partial charge on any atom is 0.408 e. The van der Waals surface area contributed by atoms with E-state index in [1.165, 1.54) is 0 Å². The number of rotatable bonds is 1. The second-order valence-electron chi connectivity index (χ2n) is 0.964. The van der Waals surface area contributed by atoms with E-state index in [1.807, 2.05) is 0 Å². The van der Waals surface area contributed by atoms with E-state index >= 15 is 0 Å². The van der Waals surface area contributed by atoms with Crippen LogP contribution in [0, 0.1) is 7.11 Å². The summed E-state index contributed by atoms with van der Waals surface area (Å²) in [6.45, 7) is -1.27. The molecule has 0 aromatic rings. The van der Waals surface area contributed by atoms with Crippen LogP contribution >= 0.6 is 0 Å². The molecule has 0 aliphatic rings. The van der Waals surface area contributed by atoms with Crippen molar-refractivity contribution in [2.75, 3.05) is 6.61 Å². The fourth-order valence-electron chi connectivity index (χ4n) is 0.116. The predicted molar refractivity (Wildman–Crippen MR) is 17.4 cm³/mol. The molecule has 0 rings (SSSR count). The van der Waals surface area contributed by atoms with Crippen molar-refractivity contribution in [2.24, 2.45) is 0 Å². The first-order valence-electron chi connectivity index (χ1n) is 1.50. The number of hydrogen-bond acceptors (Lipinski definition) is 1. The van der Waals surface area contributed by atoms with E-state index in [-0.39, 0.29) is 21.1 Å². The third-order valence-electron chi connectivity index (χ3n) is 0.266. The topological polar surface area (TPSA) is 9.23 Å². The Balaban J connectivity index is 0. The number of alkyl halides is 3. The normalized spacial score (nSPS) is 10.5. The van der Waals surface area contributed by atoms with Crippen LogP contribution in [0.5, 0.6) is 0 Å². The Morgan fingerprint density at radius 3 is 1.75 bits per heavy atom. The predicted octanol–water partition coefficient (Wildman–Crippen LogP) is 1.35. The smallest absolute Gasteiger partial charge is 0.408 e. The summed E-state index contributed by atoms with van der Waals surface area (Å²) in [6, 6.07) is 0. The molecule has 0 radical (unpaired) electrons. The van der Waals surface area contributed by atoms with Crippen LogP contribution in [0.2, 0.25) is 0 Å². The molecule has 0 heterocycles. The molecule has 0 bridgehead atoms. The van der Waals surface area contributed by atoms with Crippen molar-refractivity contribution in [3.63, 3.8) is 0 Å². The van der Waals surface area contributed by atoms with Gasteiger partial charge in [-0.3, -0.25) is 0 Å². The Labute approximate surface area is 59.5 Å². The molecular weight excluding hydrogens is 304 g/mol. The zero-order chi connectivity index (χ0) is 5.91. The SMILES string of the molecule is [CH2-]OCC(F)(F)F.[Pt]. The Morgan fingerprint density at radius 2 is 1.75 bits per heavy atom. The van der Waals surface area contributed by atoms with E-state index in [0.717, 1.165) is 0 Å². The molecule has 54 valence electrons. The number of ether oxygens (including phenoxy) is 1. The molecule has 0 aliphatic carbocycles. The van der Waals surface area contributed by atoms with Gasteiger partial charge in [0, 0.05) is 21.1 Å². The van der Waals surface area contributed by atoms with Gasteiger partial charge in [-0.15, -0.1) is 0 Å². The van der Waals surface area contributed by atoms with Crippen LogP contribution in [-0.2, 0) is 25.8 Å². The van der Waals surface area contributed by atoms with Crippen LogP contribution in [0.1, 0.15) is 0 Å². The molecule has 0 atom stereocenters. The van der Waals surface area contributed by atoms with Crippen molar-refractivity contribution < 1.29 is 39.0 Å². The molecule has 0 aromatic heterocycles. The molecule has 8 heavy (non-hydrogen) atoms. The average Bonchev–Trinajstić information content (AvgIpc) is 1.30. The number of halogens is 3. The van der Waals surface area contributed by atoms with Gasteiger partial charge in [-0.05, 0) is 0 Å². The van der Waals surface area contributed by atoms with Gasteiger partial charge in [0.2, 0.25) is 0 Å². The van der Waals surface area contributed by atoms with Crippen LogP contribution in [0.3, 0.4) is 0 Å². The minimum atomic E-state index is -4.23. The van der Waals surface area contributed by atoms with Crippen molar-refractivity contribution in [1.82, 2.24) is 0 Å². The molecule has 0 N–H and O–H groups in total. The van der Waals surface area contributed by atoms with Crippen molar-refractivity contribution >= 4 is 0 Å². The Bertz CT molecular complexity index is 53.0. The Kier molecular flexibility index (Phi) is 6.10. The molecule has 0 saturated heterocycles. The van der Waals surface area contributed by atoms with Crippen LogP contribution < -0.4 is 0 Å². The first-order valence-corrected chi connectivity index (χ1v) is 1.50. The molecule has 0 aromatic carbocycles. The largest absolute Gasteiger partial charge is 0.549 e. The molecule has 0 fully saturated rings. The minimum absolute atomic E-state index is 0. The Hall–Kier alpha value is 0.438. The molecular formula is C3H4F3OPt-. The zero-order valence-electron chi connectivity index (χ0n) is 3.77. The van der Waals surface area contributed by atoms with Crippen LogP contribution in [0.25, 0.3) is 0 Å². The van der Waals surface area contributed by atoms with E-state index in [1.54, 1.807) is 0 Å². The van der Waals surface area contributed by atoms with Gasteiger partial charge in [0.05, 0.1) is 0 Å². The summed E-state index contributed by atoms with van der Waals surface area (Å²) in [5.41, 5.74) is 0. The van der Waals surface area contributed by atoms with Gasteiger partial charge in [0.15, 0.2) is 0 Å². The number of hydrogen-bond donors (Lipinski definition) is 0. The second kappa shape index (κ2) is 4.33. The van der Waals surface area contributed by atoms with Gasteiger partial charge in [-0.1, -0.05) is 0 Å². The van der Waals surface area contributed by atoms with E-state index < -0.39 is 12.8 Å². The molecule has 5 heteroatoms.